The summed E-state index contributed by atoms with van der Waals surface area (Å²) in [6.07, 6.45) is 1.69. The van der Waals surface area contributed by atoms with Crippen molar-refractivity contribution in [3.05, 3.63) is 81.6 Å². The highest BCUT2D eigenvalue weighted by Crippen LogP contribution is 2.50. The van der Waals surface area contributed by atoms with E-state index in [4.69, 9.17) is 18.9 Å². The number of rotatable bonds is 12. The molecule has 13 heteroatoms. The molecule has 2 amide bonds. The molecule has 0 radical (unpaired) electrons. The number of esters is 1. The summed E-state index contributed by atoms with van der Waals surface area (Å²) in [5.74, 6) is -0.174. The van der Waals surface area contributed by atoms with Crippen molar-refractivity contribution in [1.29, 1.82) is 0 Å². The summed E-state index contributed by atoms with van der Waals surface area (Å²) in [5, 5.41) is 9.30. The molecule has 3 atom stereocenters. The van der Waals surface area contributed by atoms with Gasteiger partial charge in [0, 0.05) is 12.5 Å². The number of aromatic nitrogens is 1. The fraction of sp³-hybridized carbons (Fsp3) is 0.342. The Morgan fingerprint density at radius 1 is 0.980 bits per heavy atom. The van der Waals surface area contributed by atoms with Crippen LogP contribution in [0, 0.1) is 5.92 Å². The zero-order valence-electron chi connectivity index (χ0n) is 29.7. The summed E-state index contributed by atoms with van der Waals surface area (Å²) in [6.45, 7) is 5.30. The van der Waals surface area contributed by atoms with E-state index in [1.807, 2.05) is 50.2 Å². The summed E-state index contributed by atoms with van der Waals surface area (Å²) in [6, 6.07) is 14.7. The van der Waals surface area contributed by atoms with Gasteiger partial charge in [0.2, 0.25) is 23.0 Å². The van der Waals surface area contributed by atoms with Gasteiger partial charge in [-0.1, -0.05) is 68.0 Å². The molecule has 0 fully saturated rings. The van der Waals surface area contributed by atoms with Gasteiger partial charge >= 0.3 is 5.97 Å². The number of nitrogens with one attached hydrogen (secondary N) is 3. The maximum atomic E-state index is 14.0. The van der Waals surface area contributed by atoms with Gasteiger partial charge in [-0.15, -0.1) is 0 Å². The summed E-state index contributed by atoms with van der Waals surface area (Å²) in [5.41, 5.74) is 3.54. The quantitative estimate of drug-likeness (QED) is 0.144. The van der Waals surface area contributed by atoms with Crippen molar-refractivity contribution in [2.24, 2.45) is 5.92 Å². The third-order valence-electron chi connectivity index (χ3n) is 8.99. The molecule has 0 saturated heterocycles. The van der Waals surface area contributed by atoms with Crippen LogP contribution in [0.1, 0.15) is 61.3 Å². The normalized spacial score (nSPS) is 14.5. The molecular formula is C38H42N4O8S. The highest BCUT2D eigenvalue weighted by atomic mass is 32.1. The predicted molar refractivity (Wildman–Crippen MR) is 197 cm³/mol. The van der Waals surface area contributed by atoms with Crippen LogP contribution in [-0.2, 0) is 20.7 Å². The van der Waals surface area contributed by atoms with Crippen molar-refractivity contribution in [2.75, 3.05) is 39.1 Å². The van der Waals surface area contributed by atoms with E-state index in [1.54, 1.807) is 19.2 Å². The van der Waals surface area contributed by atoms with Gasteiger partial charge in [0.25, 0.3) is 0 Å². The number of carbonyl (C=O) groups is 3. The van der Waals surface area contributed by atoms with Gasteiger partial charge in [0.15, 0.2) is 22.3 Å². The summed E-state index contributed by atoms with van der Waals surface area (Å²) in [4.78, 5) is 57.9. The largest absolute Gasteiger partial charge is 0.493 e. The number of benzene rings is 2. The monoisotopic (exact) mass is 714 g/mol. The van der Waals surface area contributed by atoms with Gasteiger partial charge in [-0.3, -0.25) is 14.4 Å². The number of methoxy groups -OCH3 is 4. The first kappa shape index (κ1) is 36.8. The number of nitrogens with zero attached hydrogens (tertiary/aromatic N) is 1. The lowest BCUT2D eigenvalue weighted by atomic mass is 9.95. The van der Waals surface area contributed by atoms with Gasteiger partial charge in [-0.05, 0) is 59.2 Å². The number of thiazole rings is 1. The van der Waals surface area contributed by atoms with E-state index in [1.165, 1.54) is 34.3 Å². The van der Waals surface area contributed by atoms with Crippen LogP contribution in [0.3, 0.4) is 0 Å². The van der Waals surface area contributed by atoms with Crippen LogP contribution in [-0.4, -0.2) is 57.2 Å². The second-order valence-corrected chi connectivity index (χ2v) is 13.1. The summed E-state index contributed by atoms with van der Waals surface area (Å²) < 4.78 is 22.2. The van der Waals surface area contributed by atoms with Crippen molar-refractivity contribution < 1.29 is 33.3 Å². The fourth-order valence-corrected chi connectivity index (χ4v) is 7.23. The third-order valence-corrected chi connectivity index (χ3v) is 10.0. The first-order valence-corrected chi connectivity index (χ1v) is 17.4. The number of amides is 2. The molecule has 1 aliphatic rings. The molecule has 3 N–H and O–H groups in total. The number of hydrogen-bond acceptors (Lipinski definition) is 11. The van der Waals surface area contributed by atoms with Crippen molar-refractivity contribution in [3.63, 3.8) is 0 Å². The van der Waals surface area contributed by atoms with Crippen molar-refractivity contribution in [3.8, 4) is 38.8 Å². The smallest absolute Gasteiger partial charge is 0.358 e. The Morgan fingerprint density at radius 3 is 2.33 bits per heavy atom. The van der Waals surface area contributed by atoms with E-state index in [2.05, 4.69) is 20.9 Å². The standard InChI is InChI=1S/C38H42N4O8S/c1-8-20(2)31(36(45)42-38-41-32(37(46)50-7)35(51-38)22-12-10-9-11-13-22)40-27-17-15-24-25(19-28(27)44)26(39-21(3)43)16-14-23-18-29(47-4)33(48-5)34(49-6)30(23)24/h9-13,15,17-20,26,31H,8,14,16H2,1-7H3,(H,39,43)(H,40,44)(H,41,42,45)/t20-,26-,31-/m0/s1. The van der Waals surface area contributed by atoms with Crippen LogP contribution in [0.2, 0.25) is 0 Å². The SMILES string of the molecule is CC[C@H](C)[C@H](Nc1ccc2c(cc1=O)[C@@H](NC(C)=O)CCc1cc(OC)c(OC)c(OC)c1-2)C(=O)Nc1nc(C(=O)OC)c(-c2ccccc2)s1. The molecule has 1 heterocycles. The molecule has 0 bridgehead atoms. The van der Waals surface area contributed by atoms with E-state index in [9.17, 15) is 19.2 Å². The molecular weight excluding hydrogens is 673 g/mol. The van der Waals surface area contributed by atoms with Crippen LogP contribution >= 0.6 is 11.3 Å². The minimum absolute atomic E-state index is 0.0918. The Balaban J connectivity index is 1.57. The minimum atomic E-state index is -0.854. The topological polar surface area (TPSA) is 154 Å². The van der Waals surface area contributed by atoms with E-state index in [-0.39, 0.29) is 33.8 Å². The molecule has 1 aromatic heterocycles. The number of carbonyl (C=O) groups excluding carboxylic acids is 3. The Kier molecular flexibility index (Phi) is 11.6. The predicted octanol–water partition coefficient (Wildman–Crippen LogP) is 6.24. The zero-order valence-corrected chi connectivity index (χ0v) is 30.5. The average molecular weight is 715 g/mol. The molecule has 4 aromatic rings. The highest BCUT2D eigenvalue weighted by Gasteiger charge is 2.31. The van der Waals surface area contributed by atoms with Gasteiger partial charge < -0.3 is 34.9 Å². The minimum Gasteiger partial charge on any atom is -0.493 e. The van der Waals surface area contributed by atoms with E-state index in [0.717, 1.165) is 28.0 Å². The molecule has 51 heavy (non-hydrogen) atoms. The molecule has 0 spiro atoms. The lowest BCUT2D eigenvalue weighted by molar-refractivity contribution is -0.120. The van der Waals surface area contributed by atoms with Gasteiger partial charge in [0.05, 0.1) is 45.0 Å². The summed E-state index contributed by atoms with van der Waals surface area (Å²) in [7, 11) is 5.89. The van der Waals surface area contributed by atoms with Gasteiger partial charge in [-0.2, -0.15) is 0 Å². The third kappa shape index (κ3) is 7.68. The number of anilines is 2. The lowest BCUT2D eigenvalue weighted by Gasteiger charge is -2.23. The Morgan fingerprint density at radius 2 is 1.71 bits per heavy atom. The van der Waals surface area contributed by atoms with Crippen LogP contribution < -0.4 is 35.6 Å². The van der Waals surface area contributed by atoms with E-state index >= 15 is 0 Å². The van der Waals surface area contributed by atoms with Crippen LogP contribution in [0.4, 0.5) is 10.8 Å². The number of ether oxygens (including phenoxy) is 4. The molecule has 0 saturated carbocycles. The molecule has 0 aliphatic heterocycles. The molecule has 5 rings (SSSR count). The first-order valence-electron chi connectivity index (χ1n) is 16.5. The van der Waals surface area contributed by atoms with Crippen LogP contribution in [0.15, 0.2) is 59.4 Å². The fourth-order valence-electron chi connectivity index (χ4n) is 6.27. The van der Waals surface area contributed by atoms with Crippen LogP contribution in [0.5, 0.6) is 17.2 Å². The second-order valence-electron chi connectivity index (χ2n) is 12.1. The van der Waals surface area contributed by atoms with Crippen molar-refractivity contribution in [2.45, 2.75) is 52.1 Å². The zero-order chi connectivity index (χ0) is 36.8. The number of fused-ring (bicyclic) bond motifs is 3. The van der Waals surface area contributed by atoms with Gasteiger partial charge in [-0.25, -0.2) is 9.78 Å². The molecule has 3 aromatic carbocycles. The molecule has 12 nitrogen and oxygen atoms in total. The molecule has 0 unspecified atom stereocenters. The van der Waals surface area contributed by atoms with E-state index in [0.29, 0.717) is 52.5 Å². The number of aryl methyl sites for hydroxylation is 1. The van der Waals surface area contributed by atoms with Gasteiger partial charge in [0.1, 0.15) is 6.04 Å². The second kappa shape index (κ2) is 16.1. The van der Waals surface area contributed by atoms with Crippen molar-refractivity contribution >= 4 is 39.9 Å². The lowest BCUT2D eigenvalue weighted by Crippen LogP contribution is -2.40. The van der Waals surface area contributed by atoms with Crippen LogP contribution in [0.25, 0.3) is 21.6 Å². The van der Waals surface area contributed by atoms with Crippen molar-refractivity contribution in [1.82, 2.24) is 10.3 Å². The first-order chi connectivity index (χ1) is 24.5. The Bertz CT molecular complexity index is 2000. The maximum Gasteiger partial charge on any atom is 0.358 e. The molecule has 1 aliphatic carbocycles. The Labute approximate surface area is 300 Å². The maximum absolute atomic E-state index is 14.0. The Hall–Kier alpha value is -5.43. The van der Waals surface area contributed by atoms with E-state index < -0.39 is 24.0 Å². The average Bonchev–Trinajstić information content (AvgIpc) is 3.42. The summed E-state index contributed by atoms with van der Waals surface area (Å²) >= 11 is 1.16. The number of hydrogen-bond donors (Lipinski definition) is 3. The highest BCUT2D eigenvalue weighted by molar-refractivity contribution is 7.19. The molecule has 268 valence electrons.